The summed E-state index contributed by atoms with van der Waals surface area (Å²) in [5, 5.41) is 10.6. The third-order valence-electron chi connectivity index (χ3n) is 3.47. The summed E-state index contributed by atoms with van der Waals surface area (Å²) in [5.41, 5.74) is 3.43. The van der Waals surface area contributed by atoms with Gasteiger partial charge in [-0.25, -0.2) is 0 Å². The summed E-state index contributed by atoms with van der Waals surface area (Å²) in [5.74, 6) is 0.961. The number of benzene rings is 1. The zero-order chi connectivity index (χ0) is 12.4. The molecular weight excluding hydrogens is 222 g/mol. The van der Waals surface area contributed by atoms with Crippen molar-refractivity contribution < 1.29 is 0 Å². The highest BCUT2D eigenvalue weighted by Gasteiger charge is 2.23. The maximum Gasteiger partial charge on any atom is 0.0650 e. The van der Waals surface area contributed by atoms with Crippen molar-refractivity contribution in [3.05, 3.63) is 36.5 Å². The summed E-state index contributed by atoms with van der Waals surface area (Å²) < 4.78 is 0. The second-order valence-corrected chi connectivity index (χ2v) is 5.28. The first kappa shape index (κ1) is 11.3. The van der Waals surface area contributed by atoms with E-state index in [0.29, 0.717) is 6.04 Å². The van der Waals surface area contributed by atoms with Crippen molar-refractivity contribution in [1.82, 2.24) is 10.2 Å². The molecular formula is C15H19N3. The molecule has 1 aromatic heterocycles. The molecule has 18 heavy (non-hydrogen) atoms. The number of nitrogens with zero attached hydrogens (tertiary/aromatic N) is 1. The average molecular weight is 241 g/mol. The first-order valence-corrected chi connectivity index (χ1v) is 6.67. The number of hydrogen-bond donors (Lipinski definition) is 2. The molecule has 2 aromatic rings. The fourth-order valence-electron chi connectivity index (χ4n) is 2.39. The maximum absolute atomic E-state index is 3.99. The molecule has 1 aromatic carbocycles. The third kappa shape index (κ3) is 2.73. The Morgan fingerprint density at radius 1 is 1.39 bits per heavy atom. The quantitative estimate of drug-likeness (QED) is 0.838. The zero-order valence-electron chi connectivity index (χ0n) is 10.7. The summed E-state index contributed by atoms with van der Waals surface area (Å²) in [6.07, 6.45) is 5.90. The van der Waals surface area contributed by atoms with Gasteiger partial charge in [-0.05, 0) is 37.5 Å². The fraction of sp³-hybridized carbons (Fsp3) is 0.400. The van der Waals surface area contributed by atoms with Crippen LogP contribution in [0.25, 0.3) is 11.3 Å². The van der Waals surface area contributed by atoms with E-state index in [1.165, 1.54) is 30.5 Å². The lowest BCUT2D eigenvalue weighted by Gasteiger charge is -2.15. The van der Waals surface area contributed by atoms with Crippen LogP contribution < -0.4 is 5.32 Å². The Labute approximate surface area is 108 Å². The first-order chi connectivity index (χ1) is 8.81. The van der Waals surface area contributed by atoms with Gasteiger partial charge in [0.1, 0.15) is 0 Å². The van der Waals surface area contributed by atoms with Gasteiger partial charge in [-0.2, -0.15) is 5.10 Å². The van der Waals surface area contributed by atoms with E-state index in [1.54, 1.807) is 6.20 Å². The van der Waals surface area contributed by atoms with Crippen molar-refractivity contribution in [2.45, 2.75) is 32.2 Å². The van der Waals surface area contributed by atoms with E-state index in [-0.39, 0.29) is 0 Å². The van der Waals surface area contributed by atoms with Crippen LogP contribution in [0.1, 0.15) is 26.2 Å². The predicted molar refractivity (Wildman–Crippen MR) is 74.4 cm³/mol. The minimum Gasteiger partial charge on any atom is -0.383 e. The molecule has 0 spiro atoms. The molecule has 0 radical (unpaired) electrons. The van der Waals surface area contributed by atoms with Crippen molar-refractivity contribution in [3.8, 4) is 11.3 Å². The van der Waals surface area contributed by atoms with Gasteiger partial charge < -0.3 is 5.32 Å². The Bertz CT molecular complexity index is 500. The summed E-state index contributed by atoms with van der Waals surface area (Å²) in [6, 6.07) is 11.0. The van der Waals surface area contributed by atoms with Crippen LogP contribution in [0.2, 0.25) is 0 Å². The number of aromatic amines is 1. The maximum atomic E-state index is 3.99. The van der Waals surface area contributed by atoms with Gasteiger partial charge >= 0.3 is 0 Å². The van der Waals surface area contributed by atoms with Gasteiger partial charge in [0.05, 0.1) is 5.69 Å². The molecule has 0 aliphatic heterocycles. The zero-order valence-corrected chi connectivity index (χ0v) is 10.7. The van der Waals surface area contributed by atoms with Crippen LogP contribution in [-0.2, 0) is 0 Å². The van der Waals surface area contributed by atoms with Crippen molar-refractivity contribution in [2.24, 2.45) is 5.92 Å². The Balaban J connectivity index is 1.70. The van der Waals surface area contributed by atoms with Crippen LogP contribution in [0.5, 0.6) is 0 Å². The summed E-state index contributed by atoms with van der Waals surface area (Å²) in [4.78, 5) is 0. The highest BCUT2D eigenvalue weighted by molar-refractivity contribution is 5.64. The van der Waals surface area contributed by atoms with E-state index in [9.17, 15) is 0 Å². The molecule has 1 fully saturated rings. The highest BCUT2D eigenvalue weighted by atomic mass is 15.1. The normalized spacial score (nSPS) is 16.5. The number of rotatable bonds is 5. The van der Waals surface area contributed by atoms with Gasteiger partial charge in [-0.1, -0.05) is 25.0 Å². The number of hydrogen-bond acceptors (Lipinski definition) is 2. The van der Waals surface area contributed by atoms with E-state index in [0.717, 1.165) is 11.6 Å². The highest BCUT2D eigenvalue weighted by Crippen LogP contribution is 2.34. The van der Waals surface area contributed by atoms with Gasteiger partial charge in [-0.15, -0.1) is 0 Å². The largest absolute Gasteiger partial charge is 0.383 e. The Morgan fingerprint density at radius 2 is 2.28 bits per heavy atom. The van der Waals surface area contributed by atoms with Crippen LogP contribution in [0, 0.1) is 5.92 Å². The number of nitrogens with one attached hydrogen (secondary N) is 2. The van der Waals surface area contributed by atoms with Gasteiger partial charge in [-0.3, -0.25) is 5.10 Å². The monoisotopic (exact) mass is 241 g/mol. The minimum atomic E-state index is 0.550. The van der Waals surface area contributed by atoms with E-state index in [2.05, 4.69) is 46.7 Å². The smallest absolute Gasteiger partial charge is 0.0650 e. The van der Waals surface area contributed by atoms with E-state index in [1.807, 2.05) is 6.07 Å². The minimum absolute atomic E-state index is 0.550. The second kappa shape index (κ2) is 4.84. The Morgan fingerprint density at radius 3 is 3.00 bits per heavy atom. The first-order valence-electron chi connectivity index (χ1n) is 6.67. The summed E-state index contributed by atoms with van der Waals surface area (Å²) in [6.45, 7) is 2.27. The molecule has 1 saturated carbocycles. The van der Waals surface area contributed by atoms with Crippen LogP contribution in [-0.4, -0.2) is 16.2 Å². The van der Waals surface area contributed by atoms with E-state index < -0.39 is 0 Å². The Kier molecular flexibility index (Phi) is 3.05. The number of aromatic nitrogens is 2. The predicted octanol–water partition coefficient (Wildman–Crippen LogP) is 3.68. The lowest BCUT2D eigenvalue weighted by Crippen LogP contribution is -2.15. The summed E-state index contributed by atoms with van der Waals surface area (Å²) >= 11 is 0. The molecule has 1 unspecified atom stereocenters. The molecule has 3 heteroatoms. The molecule has 1 heterocycles. The molecule has 3 rings (SSSR count). The second-order valence-electron chi connectivity index (χ2n) is 5.28. The van der Waals surface area contributed by atoms with E-state index in [4.69, 9.17) is 0 Å². The molecule has 1 aliphatic rings. The number of H-pyrrole nitrogens is 1. The standard InChI is InChI=1S/C15H19N3/c1-11(9-12-5-6-12)17-14-4-2-3-13(10-14)15-7-8-16-18-15/h2-4,7-8,10-12,17H,5-6,9H2,1H3,(H,16,18). The molecule has 3 nitrogen and oxygen atoms in total. The SMILES string of the molecule is CC(CC1CC1)Nc1cccc(-c2ccn[nH]2)c1. The molecule has 0 amide bonds. The molecule has 1 aliphatic carbocycles. The van der Waals surface area contributed by atoms with E-state index >= 15 is 0 Å². The molecule has 2 N–H and O–H groups in total. The van der Waals surface area contributed by atoms with Crippen LogP contribution >= 0.6 is 0 Å². The lowest BCUT2D eigenvalue weighted by atomic mass is 10.1. The lowest BCUT2D eigenvalue weighted by molar-refractivity contribution is 0.642. The van der Waals surface area contributed by atoms with Crippen molar-refractivity contribution in [2.75, 3.05) is 5.32 Å². The van der Waals surface area contributed by atoms with Gasteiger partial charge in [0.25, 0.3) is 0 Å². The van der Waals surface area contributed by atoms with Crippen molar-refractivity contribution in [3.63, 3.8) is 0 Å². The fourth-order valence-corrected chi connectivity index (χ4v) is 2.39. The molecule has 0 saturated heterocycles. The Hall–Kier alpha value is -1.77. The van der Waals surface area contributed by atoms with Crippen LogP contribution in [0.15, 0.2) is 36.5 Å². The van der Waals surface area contributed by atoms with Crippen LogP contribution in [0.4, 0.5) is 5.69 Å². The topological polar surface area (TPSA) is 40.7 Å². The van der Waals surface area contributed by atoms with Crippen LogP contribution in [0.3, 0.4) is 0 Å². The number of anilines is 1. The molecule has 1 atom stereocenters. The molecule has 94 valence electrons. The molecule has 0 bridgehead atoms. The third-order valence-corrected chi connectivity index (χ3v) is 3.47. The van der Waals surface area contributed by atoms with Crippen molar-refractivity contribution in [1.29, 1.82) is 0 Å². The average Bonchev–Trinajstić information content (AvgIpc) is 3.00. The van der Waals surface area contributed by atoms with Gasteiger partial charge in [0.2, 0.25) is 0 Å². The summed E-state index contributed by atoms with van der Waals surface area (Å²) in [7, 11) is 0. The van der Waals surface area contributed by atoms with Gasteiger partial charge in [0, 0.05) is 23.5 Å². The van der Waals surface area contributed by atoms with Crippen molar-refractivity contribution >= 4 is 5.69 Å². The van der Waals surface area contributed by atoms with Gasteiger partial charge in [0.15, 0.2) is 0 Å².